The Bertz CT molecular complexity index is 1460. The Balaban J connectivity index is 1.91. The molecule has 4 rings (SSSR count). The van der Waals surface area contributed by atoms with E-state index >= 15 is 0 Å². The number of hydrogen-bond donors (Lipinski definition) is 0. The van der Waals surface area contributed by atoms with Crippen LogP contribution in [-0.2, 0) is 17.8 Å². The molecule has 176 valence electrons. The predicted molar refractivity (Wildman–Crippen MR) is 128 cm³/mol. The molecule has 0 aliphatic rings. The molecular formula is C25H26N4O5. The molecular weight excluding hydrogens is 436 g/mol. The van der Waals surface area contributed by atoms with E-state index in [1.807, 2.05) is 19.9 Å². The molecule has 0 aliphatic heterocycles. The summed E-state index contributed by atoms with van der Waals surface area (Å²) < 4.78 is 14.4. The Morgan fingerprint density at radius 1 is 1.06 bits per heavy atom. The Hall–Kier alpha value is -4.14. The summed E-state index contributed by atoms with van der Waals surface area (Å²) >= 11 is 0. The zero-order valence-electron chi connectivity index (χ0n) is 19.5. The van der Waals surface area contributed by atoms with Crippen LogP contribution in [0.15, 0.2) is 64.4 Å². The molecule has 0 N–H and O–H groups in total. The van der Waals surface area contributed by atoms with Crippen molar-refractivity contribution in [2.24, 2.45) is 5.92 Å². The van der Waals surface area contributed by atoms with Gasteiger partial charge < -0.3 is 14.0 Å². The molecule has 34 heavy (non-hydrogen) atoms. The highest BCUT2D eigenvalue weighted by Crippen LogP contribution is 2.18. The summed E-state index contributed by atoms with van der Waals surface area (Å²) in [7, 11) is 2.90. The van der Waals surface area contributed by atoms with Crippen LogP contribution < -0.4 is 16.0 Å². The third-order valence-corrected chi connectivity index (χ3v) is 5.48. The third kappa shape index (κ3) is 4.24. The van der Waals surface area contributed by atoms with Gasteiger partial charge in [0.15, 0.2) is 11.2 Å². The first-order valence-corrected chi connectivity index (χ1v) is 10.9. The summed E-state index contributed by atoms with van der Waals surface area (Å²) in [5, 5.41) is 0. The Kier molecular flexibility index (Phi) is 6.36. The van der Waals surface area contributed by atoms with Gasteiger partial charge in [-0.25, -0.2) is 19.1 Å². The predicted octanol–water partition coefficient (Wildman–Crippen LogP) is 2.85. The van der Waals surface area contributed by atoms with Crippen molar-refractivity contribution in [1.29, 1.82) is 0 Å². The summed E-state index contributed by atoms with van der Waals surface area (Å²) in [4.78, 5) is 43.2. The highest BCUT2D eigenvalue weighted by Gasteiger charge is 2.20. The number of benzene rings is 2. The Morgan fingerprint density at radius 2 is 1.79 bits per heavy atom. The summed E-state index contributed by atoms with van der Waals surface area (Å²) in [6.45, 7) is 4.46. The van der Waals surface area contributed by atoms with Crippen LogP contribution in [-0.4, -0.2) is 38.9 Å². The van der Waals surface area contributed by atoms with E-state index in [4.69, 9.17) is 9.47 Å². The topological polar surface area (TPSA) is 97.4 Å². The van der Waals surface area contributed by atoms with Crippen LogP contribution in [0, 0.1) is 5.92 Å². The van der Waals surface area contributed by atoms with Crippen LogP contribution in [0.1, 0.15) is 29.8 Å². The van der Waals surface area contributed by atoms with E-state index in [1.54, 1.807) is 54.1 Å². The number of ether oxygens (including phenoxy) is 2. The van der Waals surface area contributed by atoms with Crippen molar-refractivity contribution < 1.29 is 14.3 Å². The first-order valence-electron chi connectivity index (χ1n) is 10.9. The number of carbonyl (C=O) groups is 1. The second kappa shape index (κ2) is 9.38. The minimum absolute atomic E-state index is 0.0836. The molecule has 0 saturated heterocycles. The van der Waals surface area contributed by atoms with Gasteiger partial charge in [0, 0.05) is 13.1 Å². The molecule has 4 aromatic rings. The van der Waals surface area contributed by atoms with Crippen molar-refractivity contribution in [2.75, 3.05) is 14.2 Å². The maximum atomic E-state index is 13.5. The van der Waals surface area contributed by atoms with Gasteiger partial charge in [-0.3, -0.25) is 9.36 Å². The van der Waals surface area contributed by atoms with Crippen LogP contribution in [0.5, 0.6) is 5.75 Å². The molecule has 9 heteroatoms. The molecule has 0 atom stereocenters. The smallest absolute Gasteiger partial charge is 0.337 e. The van der Waals surface area contributed by atoms with E-state index in [1.165, 1.54) is 22.6 Å². The van der Waals surface area contributed by atoms with E-state index in [9.17, 15) is 14.4 Å². The van der Waals surface area contributed by atoms with Crippen molar-refractivity contribution in [1.82, 2.24) is 18.7 Å². The monoisotopic (exact) mass is 462 g/mol. The molecule has 0 amide bonds. The summed E-state index contributed by atoms with van der Waals surface area (Å²) in [6, 6.07) is 14.0. The van der Waals surface area contributed by atoms with E-state index < -0.39 is 17.2 Å². The van der Waals surface area contributed by atoms with Crippen LogP contribution in [0.25, 0.3) is 16.9 Å². The molecule has 0 radical (unpaired) electrons. The first kappa shape index (κ1) is 23.0. The number of aromatic nitrogens is 4. The fraction of sp³-hybridized carbons (Fsp3) is 0.280. The average Bonchev–Trinajstić information content (AvgIpc) is 3.25. The summed E-state index contributed by atoms with van der Waals surface area (Å²) in [5.41, 5.74) is 1.50. The van der Waals surface area contributed by atoms with Gasteiger partial charge in [0.05, 0.1) is 31.8 Å². The SMILES string of the molecule is COC(=O)c1cccc(Cn2cnc3c2c(=O)n(CC(C)C)c(=O)n3-c2ccc(OC)cc2)c1. The molecule has 0 bridgehead atoms. The molecule has 0 aliphatic carbocycles. The Labute approximate surface area is 195 Å². The van der Waals surface area contributed by atoms with Gasteiger partial charge in [-0.2, -0.15) is 0 Å². The number of hydrogen-bond acceptors (Lipinski definition) is 6. The van der Waals surface area contributed by atoms with E-state index in [2.05, 4.69) is 4.98 Å². The normalized spacial score (nSPS) is 11.2. The van der Waals surface area contributed by atoms with Gasteiger partial charge >= 0.3 is 11.7 Å². The number of methoxy groups -OCH3 is 2. The first-order chi connectivity index (χ1) is 16.3. The van der Waals surface area contributed by atoms with E-state index in [0.29, 0.717) is 29.1 Å². The molecule has 0 fully saturated rings. The zero-order chi connectivity index (χ0) is 24.4. The number of nitrogens with zero attached hydrogens (tertiary/aromatic N) is 4. The van der Waals surface area contributed by atoms with Crippen LogP contribution in [0.3, 0.4) is 0 Å². The lowest BCUT2D eigenvalue weighted by atomic mass is 10.1. The van der Waals surface area contributed by atoms with Crippen molar-refractivity contribution in [3.63, 3.8) is 0 Å². The van der Waals surface area contributed by atoms with Crippen molar-refractivity contribution in [2.45, 2.75) is 26.9 Å². The lowest BCUT2D eigenvalue weighted by molar-refractivity contribution is 0.0600. The second-order valence-corrected chi connectivity index (χ2v) is 8.36. The van der Waals surface area contributed by atoms with Gasteiger partial charge in [0.1, 0.15) is 5.75 Å². The summed E-state index contributed by atoms with van der Waals surface area (Å²) in [5.74, 6) is 0.296. The largest absolute Gasteiger partial charge is 0.497 e. The minimum atomic E-state index is -0.450. The van der Waals surface area contributed by atoms with Crippen LogP contribution in [0.4, 0.5) is 0 Å². The Morgan fingerprint density at radius 3 is 2.44 bits per heavy atom. The van der Waals surface area contributed by atoms with Crippen LogP contribution in [0.2, 0.25) is 0 Å². The van der Waals surface area contributed by atoms with Crippen molar-refractivity contribution in [3.05, 3.63) is 86.8 Å². The average molecular weight is 463 g/mol. The van der Waals surface area contributed by atoms with Gasteiger partial charge in [0.2, 0.25) is 0 Å². The number of imidazole rings is 1. The number of fused-ring (bicyclic) bond motifs is 1. The molecule has 2 aromatic carbocycles. The third-order valence-electron chi connectivity index (χ3n) is 5.48. The standard InChI is InChI=1S/C25H26N4O5/c1-16(2)13-28-23(30)21-22(29(25(28)32)19-8-10-20(33-3)11-9-19)26-15-27(21)14-17-6-5-7-18(12-17)24(31)34-4/h5-12,15-16H,13-14H2,1-4H3. The lowest BCUT2D eigenvalue weighted by Gasteiger charge is -2.14. The van der Waals surface area contributed by atoms with Gasteiger partial charge in [-0.15, -0.1) is 0 Å². The molecule has 2 heterocycles. The minimum Gasteiger partial charge on any atom is -0.497 e. The van der Waals surface area contributed by atoms with Gasteiger partial charge in [0.25, 0.3) is 5.56 Å². The number of esters is 1. The molecule has 0 unspecified atom stereocenters. The number of carbonyl (C=O) groups excluding carboxylic acids is 1. The lowest BCUT2D eigenvalue weighted by Crippen LogP contribution is -2.41. The highest BCUT2D eigenvalue weighted by molar-refractivity contribution is 5.89. The quantitative estimate of drug-likeness (QED) is 0.392. The molecule has 9 nitrogen and oxygen atoms in total. The van der Waals surface area contributed by atoms with E-state index in [0.717, 1.165) is 5.56 Å². The van der Waals surface area contributed by atoms with Gasteiger partial charge in [-0.05, 0) is 47.9 Å². The maximum Gasteiger partial charge on any atom is 0.337 e. The fourth-order valence-corrected chi connectivity index (χ4v) is 3.90. The maximum absolute atomic E-state index is 13.5. The highest BCUT2D eigenvalue weighted by atomic mass is 16.5. The summed E-state index contributed by atoms with van der Waals surface area (Å²) in [6.07, 6.45) is 1.54. The molecule has 0 spiro atoms. The van der Waals surface area contributed by atoms with Crippen molar-refractivity contribution >= 4 is 17.1 Å². The van der Waals surface area contributed by atoms with E-state index in [-0.39, 0.29) is 18.1 Å². The van der Waals surface area contributed by atoms with Gasteiger partial charge in [-0.1, -0.05) is 26.0 Å². The fourth-order valence-electron chi connectivity index (χ4n) is 3.90. The second-order valence-electron chi connectivity index (χ2n) is 8.36. The zero-order valence-corrected chi connectivity index (χ0v) is 19.5. The number of rotatable bonds is 7. The van der Waals surface area contributed by atoms with Crippen LogP contribution >= 0.6 is 0 Å². The molecule has 2 aromatic heterocycles. The van der Waals surface area contributed by atoms with Crippen molar-refractivity contribution in [3.8, 4) is 11.4 Å². The molecule has 0 saturated carbocycles.